The number of benzene rings is 2. The Hall–Kier alpha value is -2.82. The summed E-state index contributed by atoms with van der Waals surface area (Å²) in [5.41, 5.74) is 4.09. The Bertz CT molecular complexity index is 932. The Balaban J connectivity index is 1.21. The summed E-state index contributed by atoms with van der Waals surface area (Å²) in [6.45, 7) is 1.17. The number of aliphatic carboxylic acids is 1. The zero-order valence-corrected chi connectivity index (χ0v) is 18.6. The van der Waals surface area contributed by atoms with Gasteiger partial charge in [-0.15, -0.1) is 0 Å². The molecular weight excluding hydrogens is 402 g/mol. The molecular formula is C27H33NO4. The van der Waals surface area contributed by atoms with Crippen molar-refractivity contribution in [1.29, 1.82) is 0 Å². The molecule has 1 spiro atoms. The molecule has 0 radical (unpaired) electrons. The van der Waals surface area contributed by atoms with Gasteiger partial charge in [-0.1, -0.05) is 36.4 Å². The predicted octanol–water partition coefficient (Wildman–Crippen LogP) is 4.66. The number of carbonyl (C=O) groups is 2. The number of hydrogen-bond donors (Lipinski definition) is 2. The number of carbonyl (C=O) groups excluding carboxylic acids is 1. The van der Waals surface area contributed by atoms with Crippen LogP contribution in [0.25, 0.3) is 0 Å². The number of hydrogen-bond acceptors (Lipinski definition) is 3. The van der Waals surface area contributed by atoms with Gasteiger partial charge in [-0.25, -0.2) is 0 Å². The highest BCUT2D eigenvalue weighted by Crippen LogP contribution is 2.50. The number of carboxylic acid groups (broad SMARTS) is 1. The average Bonchev–Trinajstić information content (AvgIpc) is 3.15. The minimum atomic E-state index is -0.653. The molecule has 1 saturated carbocycles. The lowest BCUT2D eigenvalue weighted by molar-refractivity contribution is -0.143. The molecule has 0 aliphatic heterocycles. The zero-order chi connectivity index (χ0) is 22.4. The lowest BCUT2D eigenvalue weighted by Crippen LogP contribution is -2.32. The maximum Gasteiger partial charge on any atom is 0.306 e. The fourth-order valence-electron chi connectivity index (χ4n) is 5.30. The number of nitrogens with one attached hydrogen (secondary N) is 1. The number of aryl methyl sites for hydroxylation is 1. The molecule has 0 bridgehead atoms. The summed E-state index contributed by atoms with van der Waals surface area (Å²) < 4.78 is 5.97. The van der Waals surface area contributed by atoms with Crippen LogP contribution in [0.2, 0.25) is 0 Å². The number of ether oxygens (including phenoxy) is 1. The topological polar surface area (TPSA) is 75.6 Å². The van der Waals surface area contributed by atoms with Crippen molar-refractivity contribution in [3.05, 3.63) is 65.2 Å². The number of rotatable bonds is 9. The van der Waals surface area contributed by atoms with E-state index in [0.717, 1.165) is 50.7 Å². The van der Waals surface area contributed by atoms with Crippen LogP contribution in [-0.2, 0) is 27.8 Å². The molecule has 2 aromatic rings. The van der Waals surface area contributed by atoms with Crippen molar-refractivity contribution >= 4 is 11.9 Å². The minimum Gasteiger partial charge on any atom is -0.494 e. The van der Waals surface area contributed by atoms with Gasteiger partial charge in [-0.05, 0) is 85.6 Å². The summed E-state index contributed by atoms with van der Waals surface area (Å²) in [6, 6.07) is 16.5. The molecule has 1 amide bonds. The van der Waals surface area contributed by atoms with Gasteiger partial charge in [-0.2, -0.15) is 0 Å². The lowest BCUT2D eigenvalue weighted by atomic mass is 9.67. The van der Waals surface area contributed by atoms with Crippen molar-refractivity contribution in [2.24, 2.45) is 5.92 Å². The Morgan fingerprint density at radius 2 is 1.84 bits per heavy atom. The smallest absolute Gasteiger partial charge is 0.306 e. The molecule has 2 aliphatic rings. The van der Waals surface area contributed by atoms with Gasteiger partial charge in [-0.3, -0.25) is 9.59 Å². The number of carboxylic acids is 1. The van der Waals surface area contributed by atoms with Crippen LogP contribution in [0.15, 0.2) is 48.5 Å². The highest BCUT2D eigenvalue weighted by molar-refractivity contribution is 5.75. The molecule has 0 aromatic heterocycles. The molecule has 5 nitrogen and oxygen atoms in total. The maximum absolute atomic E-state index is 12.1. The summed E-state index contributed by atoms with van der Waals surface area (Å²) in [5, 5.41) is 12.3. The number of amides is 1. The van der Waals surface area contributed by atoms with Gasteiger partial charge in [0.15, 0.2) is 0 Å². The zero-order valence-electron chi connectivity index (χ0n) is 18.6. The monoisotopic (exact) mass is 435 g/mol. The Morgan fingerprint density at radius 1 is 1.06 bits per heavy atom. The molecule has 1 fully saturated rings. The SMILES string of the molecule is O=C(CCCOc1ccc2c(c1)C1(CC2)CCC(C(=O)O)CC1)NCCc1ccccc1. The second-order valence-corrected chi connectivity index (χ2v) is 9.25. The third-order valence-corrected chi connectivity index (χ3v) is 7.21. The van der Waals surface area contributed by atoms with Gasteiger partial charge in [0.05, 0.1) is 12.5 Å². The van der Waals surface area contributed by atoms with Crippen LogP contribution in [0.5, 0.6) is 5.75 Å². The first-order chi connectivity index (χ1) is 15.6. The van der Waals surface area contributed by atoms with Crippen LogP contribution in [0.1, 0.15) is 61.6 Å². The first-order valence-corrected chi connectivity index (χ1v) is 11.9. The van der Waals surface area contributed by atoms with E-state index >= 15 is 0 Å². The fraction of sp³-hybridized carbons (Fsp3) is 0.481. The van der Waals surface area contributed by atoms with Crippen molar-refractivity contribution in [2.45, 2.75) is 63.2 Å². The molecule has 5 heteroatoms. The molecule has 2 aromatic carbocycles. The average molecular weight is 436 g/mol. The van der Waals surface area contributed by atoms with Gasteiger partial charge in [0.2, 0.25) is 5.91 Å². The Labute approximate surface area is 190 Å². The normalized spacial score (nSPS) is 21.8. The Morgan fingerprint density at radius 3 is 2.59 bits per heavy atom. The molecule has 4 rings (SSSR count). The second kappa shape index (κ2) is 10.2. The van der Waals surface area contributed by atoms with Crippen molar-refractivity contribution in [1.82, 2.24) is 5.32 Å². The van der Waals surface area contributed by atoms with Crippen molar-refractivity contribution < 1.29 is 19.4 Å². The highest BCUT2D eigenvalue weighted by atomic mass is 16.5. The summed E-state index contributed by atoms with van der Waals surface area (Å²) in [4.78, 5) is 23.4. The van der Waals surface area contributed by atoms with E-state index in [-0.39, 0.29) is 17.2 Å². The summed E-state index contributed by atoms with van der Waals surface area (Å²) in [6.07, 6.45) is 7.58. The number of fused-ring (bicyclic) bond motifs is 2. The van der Waals surface area contributed by atoms with Crippen molar-refractivity contribution in [3.63, 3.8) is 0 Å². The standard InChI is InChI=1S/C27H33NO4/c29-25(28-17-13-20-5-2-1-3-6-20)7-4-18-32-23-9-8-21-10-14-27(24(21)19-23)15-11-22(12-16-27)26(30)31/h1-3,5-6,8-9,19,22H,4,7,10-18H2,(H,28,29)(H,30,31). The van der Waals surface area contributed by atoms with Crippen LogP contribution in [0.3, 0.4) is 0 Å². The summed E-state index contributed by atoms with van der Waals surface area (Å²) in [7, 11) is 0. The molecule has 2 N–H and O–H groups in total. The van der Waals surface area contributed by atoms with Crippen LogP contribution < -0.4 is 10.1 Å². The third kappa shape index (κ3) is 5.32. The van der Waals surface area contributed by atoms with Gasteiger partial charge >= 0.3 is 5.97 Å². The first kappa shape index (κ1) is 22.4. The molecule has 170 valence electrons. The molecule has 2 aliphatic carbocycles. The van der Waals surface area contributed by atoms with Crippen molar-refractivity contribution in [2.75, 3.05) is 13.2 Å². The second-order valence-electron chi connectivity index (χ2n) is 9.25. The van der Waals surface area contributed by atoms with Gasteiger partial charge in [0.25, 0.3) is 0 Å². The van der Waals surface area contributed by atoms with Crippen LogP contribution in [0.4, 0.5) is 0 Å². The molecule has 0 atom stereocenters. The van der Waals surface area contributed by atoms with Gasteiger partial charge in [0, 0.05) is 13.0 Å². The van der Waals surface area contributed by atoms with Crippen LogP contribution >= 0.6 is 0 Å². The fourth-order valence-corrected chi connectivity index (χ4v) is 5.30. The van der Waals surface area contributed by atoms with E-state index < -0.39 is 5.97 Å². The predicted molar refractivity (Wildman–Crippen MR) is 124 cm³/mol. The Kier molecular flexibility index (Phi) is 7.13. The minimum absolute atomic E-state index is 0.0626. The molecule has 0 heterocycles. The van der Waals surface area contributed by atoms with Crippen molar-refractivity contribution in [3.8, 4) is 5.75 Å². The van der Waals surface area contributed by atoms with E-state index in [9.17, 15) is 14.7 Å². The first-order valence-electron chi connectivity index (χ1n) is 11.9. The molecule has 0 unspecified atom stereocenters. The van der Waals surface area contributed by atoms with E-state index in [2.05, 4.69) is 29.6 Å². The van der Waals surface area contributed by atoms with E-state index in [0.29, 0.717) is 26.0 Å². The van der Waals surface area contributed by atoms with Crippen LogP contribution in [-0.4, -0.2) is 30.1 Å². The largest absolute Gasteiger partial charge is 0.494 e. The van der Waals surface area contributed by atoms with Crippen LogP contribution in [0, 0.1) is 5.92 Å². The highest BCUT2D eigenvalue weighted by Gasteiger charge is 2.42. The van der Waals surface area contributed by atoms with E-state index in [1.165, 1.54) is 16.7 Å². The van der Waals surface area contributed by atoms with E-state index in [1.807, 2.05) is 24.3 Å². The quantitative estimate of drug-likeness (QED) is 0.562. The summed E-state index contributed by atoms with van der Waals surface area (Å²) >= 11 is 0. The molecule has 32 heavy (non-hydrogen) atoms. The maximum atomic E-state index is 12.1. The van der Waals surface area contributed by atoms with Gasteiger partial charge < -0.3 is 15.2 Å². The summed E-state index contributed by atoms with van der Waals surface area (Å²) in [5.74, 6) is 0.0738. The van der Waals surface area contributed by atoms with Gasteiger partial charge in [0.1, 0.15) is 5.75 Å². The molecule has 0 saturated heterocycles. The third-order valence-electron chi connectivity index (χ3n) is 7.21. The van der Waals surface area contributed by atoms with E-state index in [4.69, 9.17) is 4.74 Å². The lowest BCUT2D eigenvalue weighted by Gasteiger charge is -2.37. The van der Waals surface area contributed by atoms with E-state index in [1.54, 1.807) is 0 Å².